The molecule has 0 spiro atoms. The van der Waals surface area contributed by atoms with Crippen LogP contribution in [0, 0.1) is 6.92 Å². The van der Waals surface area contributed by atoms with E-state index in [-0.39, 0.29) is 0 Å². The van der Waals surface area contributed by atoms with Gasteiger partial charge >= 0.3 is 0 Å². The van der Waals surface area contributed by atoms with Crippen LogP contribution >= 0.6 is 23.1 Å². The van der Waals surface area contributed by atoms with E-state index in [0.717, 1.165) is 21.2 Å². The molecule has 96 valence electrons. The van der Waals surface area contributed by atoms with Crippen molar-refractivity contribution in [2.24, 2.45) is 0 Å². The summed E-state index contributed by atoms with van der Waals surface area (Å²) in [6, 6.07) is 8.14. The average molecular weight is 288 g/mol. The van der Waals surface area contributed by atoms with Gasteiger partial charge in [-0.3, -0.25) is 0 Å². The molecule has 3 aromatic rings. The lowest BCUT2D eigenvalue weighted by atomic mass is 10.3. The van der Waals surface area contributed by atoms with Gasteiger partial charge in [-0.25, -0.2) is 15.0 Å². The molecule has 3 rings (SSSR count). The van der Waals surface area contributed by atoms with Gasteiger partial charge in [0.05, 0.1) is 10.2 Å². The Labute approximate surface area is 119 Å². The fourth-order valence-electron chi connectivity index (χ4n) is 1.68. The minimum atomic E-state index is 0.557. The normalized spacial score (nSPS) is 11.0. The van der Waals surface area contributed by atoms with Gasteiger partial charge in [-0.05, 0) is 19.1 Å². The van der Waals surface area contributed by atoms with Crippen LogP contribution in [0.4, 0.5) is 5.82 Å². The molecule has 4 nitrogen and oxygen atoms in total. The second kappa shape index (κ2) is 5.14. The Morgan fingerprint density at radius 2 is 2.11 bits per heavy atom. The first kappa shape index (κ1) is 12.4. The van der Waals surface area contributed by atoms with E-state index in [1.54, 1.807) is 29.3 Å². The van der Waals surface area contributed by atoms with E-state index < -0.39 is 0 Å². The van der Waals surface area contributed by atoms with Crippen LogP contribution in [0.15, 0.2) is 34.8 Å². The first-order valence-corrected chi connectivity index (χ1v) is 7.59. The van der Waals surface area contributed by atoms with E-state index in [2.05, 4.69) is 21.0 Å². The summed E-state index contributed by atoms with van der Waals surface area (Å²) in [7, 11) is 0. The summed E-state index contributed by atoms with van der Waals surface area (Å²) in [5.74, 6) is 2.00. The molecule has 19 heavy (non-hydrogen) atoms. The molecule has 2 N–H and O–H groups in total. The molecule has 0 aliphatic rings. The molecule has 1 aromatic carbocycles. The Hall–Kier alpha value is -1.66. The molecule has 2 aromatic heterocycles. The number of anilines is 1. The number of thiazole rings is 1. The van der Waals surface area contributed by atoms with Crippen molar-refractivity contribution in [1.82, 2.24) is 15.0 Å². The quantitative estimate of drug-likeness (QED) is 0.749. The van der Waals surface area contributed by atoms with Crippen molar-refractivity contribution in [1.29, 1.82) is 0 Å². The monoisotopic (exact) mass is 288 g/mol. The number of aryl methyl sites for hydroxylation is 1. The minimum Gasteiger partial charge on any atom is -0.383 e. The van der Waals surface area contributed by atoms with Crippen LogP contribution < -0.4 is 5.73 Å². The van der Waals surface area contributed by atoms with Crippen LogP contribution in [-0.4, -0.2) is 15.0 Å². The summed E-state index contributed by atoms with van der Waals surface area (Å²) in [6.07, 6.45) is 1.79. The maximum atomic E-state index is 5.88. The topological polar surface area (TPSA) is 64.7 Å². The number of benzene rings is 1. The Morgan fingerprint density at radius 3 is 2.89 bits per heavy atom. The predicted molar refractivity (Wildman–Crippen MR) is 80.4 cm³/mol. The molecule has 0 unspecified atom stereocenters. The Morgan fingerprint density at radius 1 is 1.26 bits per heavy atom. The Bertz CT molecular complexity index is 690. The zero-order valence-electron chi connectivity index (χ0n) is 10.3. The number of nitrogens with zero attached hydrogens (tertiary/aromatic N) is 3. The van der Waals surface area contributed by atoms with Gasteiger partial charge in [0.25, 0.3) is 0 Å². The third-order valence-electron chi connectivity index (χ3n) is 2.64. The lowest BCUT2D eigenvalue weighted by Gasteiger charge is -2.02. The van der Waals surface area contributed by atoms with E-state index in [9.17, 15) is 0 Å². The van der Waals surface area contributed by atoms with Crippen molar-refractivity contribution in [3.63, 3.8) is 0 Å². The number of thioether (sulfide) groups is 1. The Balaban J connectivity index is 1.78. The van der Waals surface area contributed by atoms with Crippen LogP contribution in [0.2, 0.25) is 0 Å². The molecule has 0 bridgehead atoms. The molecule has 2 heterocycles. The molecule has 0 saturated heterocycles. The van der Waals surface area contributed by atoms with E-state index in [4.69, 9.17) is 5.73 Å². The molecule has 0 radical (unpaired) electrons. The van der Waals surface area contributed by atoms with Crippen LogP contribution in [0.3, 0.4) is 0 Å². The van der Waals surface area contributed by atoms with Crippen molar-refractivity contribution in [2.75, 3.05) is 5.73 Å². The van der Waals surface area contributed by atoms with Gasteiger partial charge in [-0.2, -0.15) is 0 Å². The molecular weight excluding hydrogens is 276 g/mol. The van der Waals surface area contributed by atoms with Crippen molar-refractivity contribution in [3.05, 3.63) is 41.9 Å². The third-order valence-corrected chi connectivity index (χ3v) is 4.87. The van der Waals surface area contributed by atoms with Gasteiger partial charge in [-0.1, -0.05) is 23.9 Å². The van der Waals surface area contributed by atoms with Crippen LogP contribution in [0.25, 0.3) is 10.2 Å². The average Bonchev–Trinajstić information content (AvgIpc) is 2.80. The van der Waals surface area contributed by atoms with Gasteiger partial charge in [0.1, 0.15) is 11.6 Å². The second-order valence-corrected chi connectivity index (χ2v) is 6.32. The summed E-state index contributed by atoms with van der Waals surface area (Å²) in [4.78, 5) is 12.9. The van der Waals surface area contributed by atoms with E-state index in [1.807, 2.05) is 25.1 Å². The van der Waals surface area contributed by atoms with Gasteiger partial charge in [0.15, 0.2) is 4.34 Å². The predicted octanol–water partition coefficient (Wildman–Crippen LogP) is 3.27. The number of para-hydroxylation sites is 1. The van der Waals surface area contributed by atoms with E-state index >= 15 is 0 Å². The number of aromatic nitrogens is 3. The Kier molecular flexibility index (Phi) is 3.35. The van der Waals surface area contributed by atoms with Crippen molar-refractivity contribution >= 4 is 39.1 Å². The zero-order valence-corrected chi connectivity index (χ0v) is 12.0. The lowest BCUT2D eigenvalue weighted by molar-refractivity contribution is 1.04. The molecule has 0 aliphatic carbocycles. The number of hydrogen-bond acceptors (Lipinski definition) is 6. The van der Waals surface area contributed by atoms with Crippen LogP contribution in [-0.2, 0) is 5.75 Å². The highest BCUT2D eigenvalue weighted by Crippen LogP contribution is 2.31. The van der Waals surface area contributed by atoms with Gasteiger partial charge in [-0.15, -0.1) is 11.3 Å². The van der Waals surface area contributed by atoms with Crippen LogP contribution in [0.1, 0.15) is 11.4 Å². The number of fused-ring (bicyclic) bond motifs is 1. The number of nitrogens with two attached hydrogens (primary N) is 1. The van der Waals surface area contributed by atoms with Crippen molar-refractivity contribution in [3.8, 4) is 0 Å². The third kappa shape index (κ3) is 2.69. The molecule has 0 amide bonds. The number of hydrogen-bond donors (Lipinski definition) is 1. The smallest absolute Gasteiger partial charge is 0.151 e. The highest BCUT2D eigenvalue weighted by Gasteiger charge is 2.07. The standard InChI is InChI=1S/C13H12N4S2/c1-8-15-6-9(12(14)16-8)7-18-13-17-10-4-2-3-5-11(10)19-13/h2-6H,7H2,1H3,(H2,14,15,16). The first-order chi connectivity index (χ1) is 9.22. The largest absolute Gasteiger partial charge is 0.383 e. The fourth-order valence-corrected chi connectivity index (χ4v) is 3.72. The summed E-state index contributed by atoms with van der Waals surface area (Å²) in [6.45, 7) is 1.83. The van der Waals surface area contributed by atoms with E-state index in [1.165, 1.54) is 4.70 Å². The SMILES string of the molecule is Cc1ncc(CSc2nc3ccccc3s2)c(N)n1. The maximum absolute atomic E-state index is 5.88. The first-order valence-electron chi connectivity index (χ1n) is 5.79. The highest BCUT2D eigenvalue weighted by atomic mass is 32.2. The van der Waals surface area contributed by atoms with Gasteiger partial charge in [0, 0.05) is 17.5 Å². The summed E-state index contributed by atoms with van der Waals surface area (Å²) >= 11 is 3.36. The van der Waals surface area contributed by atoms with Crippen molar-refractivity contribution < 1.29 is 0 Å². The summed E-state index contributed by atoms with van der Waals surface area (Å²) in [5, 5.41) is 0. The second-order valence-electron chi connectivity index (χ2n) is 4.06. The molecule has 0 aliphatic heterocycles. The summed E-state index contributed by atoms with van der Waals surface area (Å²) in [5.41, 5.74) is 7.88. The van der Waals surface area contributed by atoms with Crippen LogP contribution in [0.5, 0.6) is 0 Å². The van der Waals surface area contributed by atoms with Crippen molar-refractivity contribution in [2.45, 2.75) is 17.0 Å². The van der Waals surface area contributed by atoms with Gasteiger partial charge < -0.3 is 5.73 Å². The molecule has 0 atom stereocenters. The fraction of sp³-hybridized carbons (Fsp3) is 0.154. The summed E-state index contributed by atoms with van der Waals surface area (Å²) < 4.78 is 2.25. The molecular formula is C13H12N4S2. The lowest BCUT2D eigenvalue weighted by Crippen LogP contribution is -2.00. The molecule has 0 saturated carbocycles. The van der Waals surface area contributed by atoms with Gasteiger partial charge in [0.2, 0.25) is 0 Å². The number of nitrogen functional groups attached to an aromatic ring is 1. The maximum Gasteiger partial charge on any atom is 0.151 e. The zero-order chi connectivity index (χ0) is 13.2. The van der Waals surface area contributed by atoms with E-state index in [0.29, 0.717) is 11.6 Å². The highest BCUT2D eigenvalue weighted by molar-refractivity contribution is 8.00. The molecule has 6 heteroatoms. The number of rotatable bonds is 3. The minimum absolute atomic E-state index is 0.557. The molecule has 0 fully saturated rings.